The van der Waals surface area contributed by atoms with Crippen LogP contribution in [0.2, 0.25) is 0 Å². The molecule has 0 aliphatic carbocycles. The van der Waals surface area contributed by atoms with E-state index in [9.17, 15) is 9.90 Å². The van der Waals surface area contributed by atoms with Gasteiger partial charge in [0.1, 0.15) is 11.4 Å². The Morgan fingerprint density at radius 2 is 2.05 bits per heavy atom. The largest absolute Gasteiger partial charge is 0.508 e. The van der Waals surface area contributed by atoms with Crippen LogP contribution in [0.3, 0.4) is 0 Å². The third-order valence-electron chi connectivity index (χ3n) is 4.68. The fourth-order valence-electron chi connectivity index (χ4n) is 3.34. The van der Waals surface area contributed by atoms with Crippen molar-refractivity contribution in [3.05, 3.63) is 29.3 Å². The first-order valence-corrected chi connectivity index (χ1v) is 7.51. The Hall–Kier alpha value is -1.30. The van der Waals surface area contributed by atoms with Crippen LogP contribution < -0.4 is 5.32 Å². The number of phenolic OH excluding ortho intramolecular Hbond substituents is 1. The lowest BCUT2D eigenvalue weighted by Gasteiger charge is -2.40. The standard InChI is InChI=1S/C16H22N2O3.ClH/c1-21-16(5-7-17-8-6-16)15(20)18-9-4-12-2-3-14(19)10-13(12)11-18;/h2-3,10,17,19H,4-9,11H2,1H3;1H. The van der Waals surface area contributed by atoms with Gasteiger partial charge in [0.25, 0.3) is 5.91 Å². The molecule has 6 heteroatoms. The van der Waals surface area contributed by atoms with Gasteiger partial charge in [-0.3, -0.25) is 4.79 Å². The summed E-state index contributed by atoms with van der Waals surface area (Å²) in [4.78, 5) is 14.8. The van der Waals surface area contributed by atoms with Gasteiger partial charge in [-0.25, -0.2) is 0 Å². The minimum atomic E-state index is -0.681. The third-order valence-corrected chi connectivity index (χ3v) is 4.68. The lowest BCUT2D eigenvalue weighted by atomic mass is 9.89. The summed E-state index contributed by atoms with van der Waals surface area (Å²) in [6.45, 7) is 2.89. The van der Waals surface area contributed by atoms with E-state index in [0.717, 1.165) is 31.6 Å². The van der Waals surface area contributed by atoms with Gasteiger partial charge in [0.05, 0.1) is 0 Å². The van der Waals surface area contributed by atoms with Crippen molar-refractivity contribution in [3.8, 4) is 5.75 Å². The van der Waals surface area contributed by atoms with Crippen LogP contribution >= 0.6 is 12.4 Å². The second-order valence-corrected chi connectivity index (χ2v) is 5.88. The SMILES string of the molecule is COC1(C(=O)N2CCc3ccc(O)cc3C2)CCNCC1.Cl. The Morgan fingerprint density at radius 3 is 2.73 bits per heavy atom. The fourth-order valence-corrected chi connectivity index (χ4v) is 3.34. The summed E-state index contributed by atoms with van der Waals surface area (Å²) in [7, 11) is 1.63. The van der Waals surface area contributed by atoms with E-state index in [-0.39, 0.29) is 24.1 Å². The molecule has 0 unspecified atom stereocenters. The summed E-state index contributed by atoms with van der Waals surface area (Å²) in [5.74, 6) is 0.340. The molecule has 0 aromatic heterocycles. The lowest BCUT2D eigenvalue weighted by Crippen LogP contribution is -2.56. The first-order chi connectivity index (χ1) is 10.1. The minimum absolute atomic E-state index is 0. The summed E-state index contributed by atoms with van der Waals surface area (Å²) >= 11 is 0. The number of rotatable bonds is 2. The minimum Gasteiger partial charge on any atom is -0.508 e. The van der Waals surface area contributed by atoms with Crippen molar-refractivity contribution in [1.82, 2.24) is 10.2 Å². The summed E-state index contributed by atoms with van der Waals surface area (Å²) in [5, 5.41) is 12.9. The van der Waals surface area contributed by atoms with Gasteiger partial charge >= 0.3 is 0 Å². The molecular formula is C16H23ClN2O3. The first kappa shape index (κ1) is 17.1. The van der Waals surface area contributed by atoms with Gasteiger partial charge in [0.15, 0.2) is 0 Å². The summed E-state index contributed by atoms with van der Waals surface area (Å²) in [6, 6.07) is 5.42. The van der Waals surface area contributed by atoms with Gasteiger partial charge in [0.2, 0.25) is 0 Å². The number of carbonyl (C=O) groups excluding carboxylic acids is 1. The second kappa shape index (κ2) is 6.86. The molecule has 0 bridgehead atoms. The van der Waals surface area contributed by atoms with Crippen LogP contribution in [0.5, 0.6) is 5.75 Å². The number of aromatic hydroxyl groups is 1. The summed E-state index contributed by atoms with van der Waals surface area (Å²) in [5.41, 5.74) is 1.57. The smallest absolute Gasteiger partial charge is 0.255 e. The predicted octanol–water partition coefficient (Wildman–Crippen LogP) is 1.47. The van der Waals surface area contributed by atoms with Crippen LogP contribution in [0.15, 0.2) is 18.2 Å². The molecule has 1 amide bonds. The number of methoxy groups -OCH3 is 1. The van der Waals surface area contributed by atoms with Crippen molar-refractivity contribution < 1.29 is 14.6 Å². The molecule has 0 atom stereocenters. The van der Waals surface area contributed by atoms with Crippen molar-refractivity contribution in [2.45, 2.75) is 31.4 Å². The number of piperidine rings is 1. The normalized spacial score (nSPS) is 20.0. The number of ether oxygens (including phenoxy) is 1. The first-order valence-electron chi connectivity index (χ1n) is 7.51. The third kappa shape index (κ3) is 3.07. The molecule has 1 aromatic carbocycles. The van der Waals surface area contributed by atoms with Crippen molar-refractivity contribution >= 4 is 18.3 Å². The van der Waals surface area contributed by atoms with Crippen LogP contribution in [0, 0.1) is 0 Å². The zero-order chi connectivity index (χ0) is 14.9. The van der Waals surface area contributed by atoms with E-state index in [1.54, 1.807) is 19.2 Å². The number of fused-ring (bicyclic) bond motifs is 1. The van der Waals surface area contributed by atoms with Gasteiger partial charge in [-0.2, -0.15) is 0 Å². The Labute approximate surface area is 137 Å². The predicted molar refractivity (Wildman–Crippen MR) is 86.3 cm³/mol. The molecule has 5 nitrogen and oxygen atoms in total. The number of benzene rings is 1. The van der Waals surface area contributed by atoms with Crippen molar-refractivity contribution in [3.63, 3.8) is 0 Å². The second-order valence-electron chi connectivity index (χ2n) is 5.88. The van der Waals surface area contributed by atoms with Crippen molar-refractivity contribution in [1.29, 1.82) is 0 Å². The molecule has 22 heavy (non-hydrogen) atoms. The number of phenols is 1. The number of carbonyl (C=O) groups is 1. The molecule has 122 valence electrons. The molecule has 2 aliphatic rings. The molecule has 2 aliphatic heterocycles. The zero-order valence-electron chi connectivity index (χ0n) is 12.8. The Kier molecular flexibility index (Phi) is 5.32. The molecule has 1 aromatic rings. The fraction of sp³-hybridized carbons (Fsp3) is 0.562. The van der Waals surface area contributed by atoms with Crippen LogP contribution in [0.4, 0.5) is 0 Å². The van der Waals surface area contributed by atoms with Gasteiger partial charge in [0, 0.05) is 20.2 Å². The maximum absolute atomic E-state index is 12.9. The zero-order valence-corrected chi connectivity index (χ0v) is 13.6. The van der Waals surface area contributed by atoms with Crippen molar-refractivity contribution in [2.24, 2.45) is 0 Å². The van der Waals surface area contributed by atoms with Crippen LogP contribution in [-0.2, 0) is 22.5 Å². The average molecular weight is 327 g/mol. The molecule has 1 fully saturated rings. The van der Waals surface area contributed by atoms with Gasteiger partial charge in [-0.15, -0.1) is 12.4 Å². The highest BCUT2D eigenvalue weighted by Crippen LogP contribution is 2.29. The van der Waals surface area contributed by atoms with E-state index >= 15 is 0 Å². The molecule has 0 spiro atoms. The summed E-state index contributed by atoms with van der Waals surface area (Å²) in [6.07, 6.45) is 2.26. The number of hydrogen-bond acceptors (Lipinski definition) is 4. The van der Waals surface area contributed by atoms with E-state index in [1.165, 1.54) is 5.56 Å². The number of halogens is 1. The molecule has 2 N–H and O–H groups in total. The van der Waals surface area contributed by atoms with E-state index in [0.29, 0.717) is 19.4 Å². The van der Waals surface area contributed by atoms with E-state index < -0.39 is 5.60 Å². The van der Waals surface area contributed by atoms with Gasteiger partial charge < -0.3 is 20.1 Å². The Bertz CT molecular complexity index is 544. The topological polar surface area (TPSA) is 61.8 Å². The molecule has 1 saturated heterocycles. The number of amides is 1. The molecule has 0 saturated carbocycles. The highest BCUT2D eigenvalue weighted by molar-refractivity contribution is 5.86. The van der Waals surface area contributed by atoms with E-state index in [1.807, 2.05) is 11.0 Å². The monoisotopic (exact) mass is 326 g/mol. The van der Waals surface area contributed by atoms with E-state index in [4.69, 9.17) is 4.74 Å². The molecule has 2 heterocycles. The molecule has 3 rings (SSSR count). The lowest BCUT2D eigenvalue weighted by molar-refractivity contribution is -0.159. The van der Waals surface area contributed by atoms with Crippen molar-refractivity contribution in [2.75, 3.05) is 26.7 Å². The average Bonchev–Trinajstić information content (AvgIpc) is 2.54. The number of hydrogen-bond donors (Lipinski definition) is 2. The Morgan fingerprint density at radius 1 is 1.32 bits per heavy atom. The highest BCUT2D eigenvalue weighted by Gasteiger charge is 2.42. The van der Waals surface area contributed by atoms with Crippen LogP contribution in [0.25, 0.3) is 0 Å². The highest BCUT2D eigenvalue weighted by atomic mass is 35.5. The maximum Gasteiger partial charge on any atom is 0.255 e. The molecule has 0 radical (unpaired) electrons. The summed E-state index contributed by atoms with van der Waals surface area (Å²) < 4.78 is 5.62. The quantitative estimate of drug-likeness (QED) is 0.864. The van der Waals surface area contributed by atoms with E-state index in [2.05, 4.69) is 5.32 Å². The number of nitrogens with zero attached hydrogens (tertiary/aromatic N) is 1. The number of nitrogens with one attached hydrogen (secondary N) is 1. The van der Waals surface area contributed by atoms with Crippen LogP contribution in [0.1, 0.15) is 24.0 Å². The van der Waals surface area contributed by atoms with Gasteiger partial charge in [-0.05, 0) is 55.6 Å². The van der Waals surface area contributed by atoms with Crippen LogP contribution in [-0.4, -0.2) is 48.3 Å². The molecular weight excluding hydrogens is 304 g/mol. The Balaban J connectivity index is 0.00000176. The van der Waals surface area contributed by atoms with Gasteiger partial charge in [-0.1, -0.05) is 6.07 Å². The maximum atomic E-state index is 12.9.